The van der Waals surface area contributed by atoms with Crippen LogP contribution in [0.15, 0.2) is 46.2 Å². The van der Waals surface area contributed by atoms with Crippen molar-refractivity contribution < 1.29 is 16.8 Å². The van der Waals surface area contributed by atoms with Crippen molar-refractivity contribution >= 4 is 43.2 Å². The van der Waals surface area contributed by atoms with Gasteiger partial charge in [-0.1, -0.05) is 23.2 Å². The highest BCUT2D eigenvalue weighted by molar-refractivity contribution is 7.89. The van der Waals surface area contributed by atoms with Crippen molar-refractivity contribution in [2.75, 3.05) is 19.6 Å². The summed E-state index contributed by atoms with van der Waals surface area (Å²) in [6.07, 6.45) is 0. The monoisotopic (exact) mass is 498 g/mol. The third kappa shape index (κ3) is 4.41. The van der Waals surface area contributed by atoms with Crippen LogP contribution in [0.25, 0.3) is 0 Å². The average Bonchev–Trinajstić information content (AvgIpc) is 2.73. The Morgan fingerprint density at radius 3 is 1.81 bits per heavy atom. The predicted molar refractivity (Wildman–Crippen MR) is 114 cm³/mol. The fraction of sp³-hybridized carbons (Fsp3) is 0.263. The summed E-state index contributed by atoms with van der Waals surface area (Å²) in [5.74, 6) is 0. The Hall–Kier alpha value is -2.18. The lowest BCUT2D eigenvalue weighted by Crippen LogP contribution is -2.55. The van der Waals surface area contributed by atoms with Crippen molar-refractivity contribution in [3.63, 3.8) is 0 Å². The van der Waals surface area contributed by atoms with Crippen LogP contribution in [0, 0.1) is 22.7 Å². The Bertz CT molecular complexity index is 1330. The van der Waals surface area contributed by atoms with Gasteiger partial charge < -0.3 is 0 Å². The van der Waals surface area contributed by atoms with E-state index >= 15 is 0 Å². The molecule has 0 amide bonds. The molecule has 0 radical (unpaired) electrons. The largest absolute Gasteiger partial charge is 0.244 e. The number of nitrogens with zero attached hydrogens (tertiary/aromatic N) is 4. The molecule has 0 saturated carbocycles. The van der Waals surface area contributed by atoms with Gasteiger partial charge in [-0.25, -0.2) is 16.8 Å². The van der Waals surface area contributed by atoms with E-state index < -0.39 is 26.1 Å². The fourth-order valence-corrected chi connectivity index (χ4v) is 7.29. The SMILES string of the molecule is CC1CN(S(=O)(=O)c2cc(Cl)ccc2C#N)CCN1S(=O)(=O)c1cc(Cl)ccc1C#N. The Labute approximate surface area is 190 Å². The summed E-state index contributed by atoms with van der Waals surface area (Å²) in [4.78, 5) is -0.458. The first-order valence-corrected chi connectivity index (χ1v) is 12.6. The smallest absolute Gasteiger partial charge is 0.207 e. The molecule has 1 aliphatic rings. The molecule has 162 valence electrons. The quantitative estimate of drug-likeness (QED) is 0.638. The summed E-state index contributed by atoms with van der Waals surface area (Å²) < 4.78 is 54.9. The molecular formula is C19H16Cl2N4O4S2. The number of hydrogen-bond acceptors (Lipinski definition) is 6. The Morgan fingerprint density at radius 2 is 1.35 bits per heavy atom. The van der Waals surface area contributed by atoms with E-state index in [1.54, 1.807) is 6.92 Å². The van der Waals surface area contributed by atoms with E-state index in [0.717, 1.165) is 8.61 Å². The van der Waals surface area contributed by atoms with E-state index in [0.29, 0.717) is 0 Å². The molecule has 1 saturated heterocycles. The molecule has 31 heavy (non-hydrogen) atoms. The predicted octanol–water partition coefficient (Wildman–Crippen LogP) is 2.82. The van der Waals surface area contributed by atoms with Gasteiger partial charge in [0.1, 0.15) is 21.9 Å². The van der Waals surface area contributed by atoms with Gasteiger partial charge in [0, 0.05) is 35.7 Å². The van der Waals surface area contributed by atoms with Crippen LogP contribution in [0.3, 0.4) is 0 Å². The van der Waals surface area contributed by atoms with Gasteiger partial charge in [-0.15, -0.1) is 0 Å². The van der Waals surface area contributed by atoms with Crippen LogP contribution >= 0.6 is 23.2 Å². The first-order chi connectivity index (χ1) is 14.5. The van der Waals surface area contributed by atoms with Crippen molar-refractivity contribution in [1.82, 2.24) is 8.61 Å². The first-order valence-electron chi connectivity index (χ1n) is 8.93. The topological polar surface area (TPSA) is 122 Å². The molecule has 0 spiro atoms. The van der Waals surface area contributed by atoms with Crippen LogP contribution in [-0.2, 0) is 20.0 Å². The van der Waals surface area contributed by atoms with Gasteiger partial charge in [-0.2, -0.15) is 19.1 Å². The van der Waals surface area contributed by atoms with Crippen molar-refractivity contribution in [3.8, 4) is 12.1 Å². The summed E-state index contributed by atoms with van der Waals surface area (Å²) in [7, 11) is -8.18. The van der Waals surface area contributed by atoms with Gasteiger partial charge in [0.25, 0.3) is 0 Å². The summed E-state index contributed by atoms with van der Waals surface area (Å²) >= 11 is 11.9. The molecule has 0 aliphatic carbocycles. The minimum atomic E-state index is -4.10. The molecule has 3 rings (SSSR count). The molecule has 1 atom stereocenters. The van der Waals surface area contributed by atoms with Crippen LogP contribution in [0.1, 0.15) is 18.1 Å². The minimum absolute atomic E-state index is 0.0512. The number of hydrogen-bond donors (Lipinski definition) is 0. The maximum atomic E-state index is 13.2. The lowest BCUT2D eigenvalue weighted by atomic mass is 10.2. The van der Waals surface area contributed by atoms with Gasteiger partial charge in [0.15, 0.2) is 0 Å². The van der Waals surface area contributed by atoms with E-state index in [9.17, 15) is 27.4 Å². The molecule has 2 aromatic carbocycles. The highest BCUT2D eigenvalue weighted by Crippen LogP contribution is 2.30. The van der Waals surface area contributed by atoms with Gasteiger partial charge in [0.2, 0.25) is 20.0 Å². The molecule has 0 aromatic heterocycles. The zero-order valence-corrected chi connectivity index (χ0v) is 19.3. The summed E-state index contributed by atoms with van der Waals surface area (Å²) in [5.41, 5.74) is -0.103. The van der Waals surface area contributed by atoms with Crippen molar-refractivity contribution in [1.29, 1.82) is 10.5 Å². The van der Waals surface area contributed by atoms with Gasteiger partial charge >= 0.3 is 0 Å². The summed E-state index contributed by atoms with van der Waals surface area (Å²) in [6.45, 7) is 1.16. The number of rotatable bonds is 4. The van der Waals surface area contributed by atoms with Crippen LogP contribution in [0.2, 0.25) is 10.0 Å². The molecule has 2 aromatic rings. The maximum absolute atomic E-state index is 13.2. The van der Waals surface area contributed by atoms with Crippen molar-refractivity contribution in [2.45, 2.75) is 22.8 Å². The number of piperazine rings is 1. The number of nitriles is 2. The fourth-order valence-electron chi connectivity index (χ4n) is 3.35. The standard InChI is InChI=1S/C19H16Cl2N4O4S2/c1-13-12-24(30(26,27)18-8-16(20)4-2-14(18)10-22)6-7-25(13)31(28,29)19-9-17(21)5-3-15(19)11-23/h2-5,8-9,13H,6-7,12H2,1H3. The Morgan fingerprint density at radius 1 is 0.871 bits per heavy atom. The number of halogens is 2. The molecule has 1 heterocycles. The second kappa shape index (κ2) is 8.75. The highest BCUT2D eigenvalue weighted by Gasteiger charge is 2.39. The summed E-state index contributed by atoms with van der Waals surface area (Å²) in [5, 5.41) is 18.9. The second-order valence-corrected chi connectivity index (χ2v) is 11.5. The van der Waals surface area contributed by atoms with Crippen molar-refractivity contribution in [2.24, 2.45) is 0 Å². The zero-order valence-electron chi connectivity index (χ0n) is 16.2. The maximum Gasteiger partial charge on any atom is 0.244 e. The van der Waals surface area contributed by atoms with Crippen molar-refractivity contribution in [3.05, 3.63) is 57.6 Å². The van der Waals surface area contributed by atoms with E-state index in [4.69, 9.17) is 23.2 Å². The molecule has 12 heteroatoms. The van der Waals surface area contributed by atoms with Gasteiger partial charge in [-0.05, 0) is 43.3 Å². The molecule has 1 fully saturated rings. The molecule has 8 nitrogen and oxygen atoms in total. The van der Waals surface area contributed by atoms with E-state index in [1.807, 2.05) is 12.1 Å². The Kier molecular flexibility index (Phi) is 6.63. The lowest BCUT2D eigenvalue weighted by Gasteiger charge is -2.38. The lowest BCUT2D eigenvalue weighted by molar-refractivity contribution is 0.212. The molecule has 1 aliphatic heterocycles. The third-order valence-electron chi connectivity index (χ3n) is 4.86. The van der Waals surface area contributed by atoms with Gasteiger partial charge in [0.05, 0.1) is 11.1 Å². The van der Waals surface area contributed by atoms with E-state index in [2.05, 4.69) is 0 Å². The number of sulfonamides is 2. The summed E-state index contributed by atoms with van der Waals surface area (Å²) in [6, 6.07) is 10.8. The molecular weight excluding hydrogens is 483 g/mol. The first kappa shape index (κ1) is 23.5. The van der Waals surface area contributed by atoms with E-state index in [-0.39, 0.29) is 50.6 Å². The molecule has 0 N–H and O–H groups in total. The molecule has 0 bridgehead atoms. The molecule has 1 unspecified atom stereocenters. The van der Waals surface area contributed by atoms with Crippen LogP contribution in [0.4, 0.5) is 0 Å². The highest BCUT2D eigenvalue weighted by atomic mass is 35.5. The third-order valence-corrected chi connectivity index (χ3v) is 9.29. The zero-order chi connectivity index (χ0) is 23.0. The normalized spacial score (nSPS) is 18.3. The minimum Gasteiger partial charge on any atom is -0.207 e. The Balaban J connectivity index is 1.93. The van der Waals surface area contributed by atoms with E-state index in [1.165, 1.54) is 36.4 Å². The van der Waals surface area contributed by atoms with Gasteiger partial charge in [-0.3, -0.25) is 0 Å². The van der Waals surface area contributed by atoms with Crippen LogP contribution in [-0.4, -0.2) is 51.1 Å². The second-order valence-electron chi connectivity index (χ2n) is 6.83. The van der Waals surface area contributed by atoms with Crippen LogP contribution in [0.5, 0.6) is 0 Å². The van der Waals surface area contributed by atoms with Crippen LogP contribution < -0.4 is 0 Å². The number of benzene rings is 2. The average molecular weight is 499 g/mol.